The number of nitrogens with zero attached hydrogens (tertiary/aromatic N) is 2. The van der Waals surface area contributed by atoms with E-state index in [0.29, 0.717) is 6.42 Å². The summed E-state index contributed by atoms with van der Waals surface area (Å²) in [5.74, 6) is -5.50. The number of amides is 1. The number of halogens is 6. The van der Waals surface area contributed by atoms with E-state index in [1.807, 2.05) is 0 Å². The zero-order chi connectivity index (χ0) is 24.6. The quantitative estimate of drug-likeness (QED) is 0.584. The fraction of sp³-hybridized carbons (Fsp3) is 0.550. The highest BCUT2D eigenvalue weighted by molar-refractivity contribution is 5.78. The Bertz CT molecular complexity index is 1010. The van der Waals surface area contributed by atoms with Crippen molar-refractivity contribution in [2.75, 3.05) is 13.2 Å². The first-order valence-electron chi connectivity index (χ1n) is 10.2. The van der Waals surface area contributed by atoms with Crippen molar-refractivity contribution in [3.8, 4) is 5.75 Å². The Balaban J connectivity index is 1.34. The second-order valence-corrected chi connectivity index (χ2v) is 7.99. The third-order valence-electron chi connectivity index (χ3n) is 5.53. The van der Waals surface area contributed by atoms with Crippen LogP contribution in [0, 0.1) is 5.82 Å². The van der Waals surface area contributed by atoms with Gasteiger partial charge in [0.05, 0.1) is 6.61 Å². The van der Waals surface area contributed by atoms with Gasteiger partial charge in [0.1, 0.15) is 23.7 Å². The lowest BCUT2D eigenvalue weighted by atomic mass is 9.80. The molecule has 0 spiro atoms. The van der Waals surface area contributed by atoms with Crippen LogP contribution >= 0.6 is 0 Å². The van der Waals surface area contributed by atoms with Crippen molar-refractivity contribution in [2.24, 2.45) is 0 Å². The van der Waals surface area contributed by atoms with E-state index < -0.39 is 73.2 Å². The van der Waals surface area contributed by atoms with Crippen LogP contribution in [0.5, 0.6) is 5.75 Å². The maximum absolute atomic E-state index is 14.7. The summed E-state index contributed by atoms with van der Waals surface area (Å²) in [5, 5.41) is 9.26. The number of hydrogen-bond donors (Lipinski definition) is 1. The van der Waals surface area contributed by atoms with E-state index in [-0.39, 0.29) is 18.6 Å². The maximum Gasteiger partial charge on any atom is 0.523 e. The number of benzene rings is 1. The maximum atomic E-state index is 14.7. The Kier molecular flexibility index (Phi) is 6.46. The largest absolute Gasteiger partial charge is 0.523 e. The molecule has 2 aliphatic rings. The number of carbonyl (C=O) groups is 1. The molecule has 1 saturated carbocycles. The first-order valence-corrected chi connectivity index (χ1v) is 10.2. The smallest absolute Gasteiger partial charge is 0.484 e. The Morgan fingerprint density at radius 1 is 1.18 bits per heavy atom. The molecule has 1 aliphatic carbocycles. The first kappa shape index (κ1) is 24.3. The molecule has 0 unspecified atom stereocenters. The third-order valence-corrected chi connectivity index (χ3v) is 5.53. The Morgan fingerprint density at radius 3 is 2.47 bits per heavy atom. The number of nitrogens with one attached hydrogen (secondary N) is 1. The van der Waals surface area contributed by atoms with Crippen molar-refractivity contribution >= 4 is 5.91 Å². The summed E-state index contributed by atoms with van der Waals surface area (Å²) >= 11 is 0. The highest BCUT2D eigenvalue weighted by atomic mass is 19.4. The molecule has 14 heteroatoms. The van der Waals surface area contributed by atoms with Crippen molar-refractivity contribution in [2.45, 2.75) is 55.7 Å². The number of hydrogen-bond acceptors (Lipinski definition) is 7. The van der Waals surface area contributed by atoms with E-state index in [1.54, 1.807) is 0 Å². The lowest BCUT2D eigenvalue weighted by Crippen LogP contribution is -2.55. The van der Waals surface area contributed by atoms with Gasteiger partial charge in [-0.05, 0) is 43.5 Å². The molecule has 2 fully saturated rings. The highest BCUT2D eigenvalue weighted by Gasteiger charge is 2.53. The molecular weight excluding hydrogens is 476 g/mol. The van der Waals surface area contributed by atoms with Gasteiger partial charge in [0.25, 0.3) is 11.8 Å². The van der Waals surface area contributed by atoms with E-state index in [2.05, 4.69) is 20.3 Å². The van der Waals surface area contributed by atoms with E-state index in [4.69, 9.17) is 13.9 Å². The Morgan fingerprint density at radius 2 is 1.88 bits per heavy atom. The zero-order valence-corrected chi connectivity index (χ0v) is 17.4. The monoisotopic (exact) mass is 495 g/mol. The molecule has 0 bridgehead atoms. The minimum absolute atomic E-state index is 0.00999. The van der Waals surface area contributed by atoms with Gasteiger partial charge in [-0.15, -0.1) is 23.4 Å². The van der Waals surface area contributed by atoms with Gasteiger partial charge in [0, 0.05) is 6.42 Å². The average Bonchev–Trinajstić information content (AvgIpc) is 3.21. The van der Waals surface area contributed by atoms with E-state index in [1.165, 1.54) is 12.1 Å². The van der Waals surface area contributed by atoms with Crippen LogP contribution in [0.1, 0.15) is 43.6 Å². The Hall–Kier alpha value is -2.87. The highest BCUT2D eigenvalue weighted by Crippen LogP contribution is 2.48. The number of rotatable bonds is 7. The van der Waals surface area contributed by atoms with Crippen molar-refractivity contribution < 1.29 is 49.8 Å². The summed E-state index contributed by atoms with van der Waals surface area (Å²) in [7, 11) is 0. The van der Waals surface area contributed by atoms with Gasteiger partial charge in [-0.3, -0.25) is 9.53 Å². The van der Waals surface area contributed by atoms with Crippen LogP contribution in [-0.4, -0.2) is 47.6 Å². The fourth-order valence-corrected chi connectivity index (χ4v) is 3.63. The minimum Gasteiger partial charge on any atom is -0.484 e. The van der Waals surface area contributed by atoms with Crippen LogP contribution in [0.2, 0.25) is 0 Å². The number of ether oxygens (including phenoxy) is 3. The molecule has 2 heterocycles. The summed E-state index contributed by atoms with van der Waals surface area (Å²) < 4.78 is 100. The molecule has 1 amide bonds. The summed E-state index contributed by atoms with van der Waals surface area (Å²) in [6.07, 6.45) is -6.85. The van der Waals surface area contributed by atoms with Gasteiger partial charge in [0.2, 0.25) is 11.8 Å². The third kappa shape index (κ3) is 5.43. The SMILES string of the molecule is O=C(COc1ccc(F)cc1)N[C@H]1CO[C@H](c2nnc(C3(OC(F)(F)F)CCC3)o2)CC1(F)F. The van der Waals surface area contributed by atoms with Gasteiger partial charge < -0.3 is 19.2 Å². The topological polar surface area (TPSA) is 95.7 Å². The molecule has 34 heavy (non-hydrogen) atoms. The average molecular weight is 495 g/mol. The lowest BCUT2D eigenvalue weighted by Gasteiger charge is -2.38. The summed E-state index contributed by atoms with van der Waals surface area (Å²) in [4.78, 5) is 12.0. The van der Waals surface area contributed by atoms with E-state index >= 15 is 0 Å². The van der Waals surface area contributed by atoms with E-state index in [9.17, 15) is 31.1 Å². The van der Waals surface area contributed by atoms with Crippen LogP contribution in [0.25, 0.3) is 0 Å². The summed E-state index contributed by atoms with van der Waals surface area (Å²) in [6, 6.07) is 3.08. The predicted octanol–water partition coefficient (Wildman–Crippen LogP) is 3.78. The summed E-state index contributed by atoms with van der Waals surface area (Å²) in [6.45, 7) is -1.21. The minimum atomic E-state index is -4.94. The molecule has 1 saturated heterocycles. The van der Waals surface area contributed by atoms with Gasteiger partial charge in [-0.25, -0.2) is 13.2 Å². The standard InChI is InChI=1S/C20H19F6N3O5/c21-11-2-4-12(5-3-11)31-10-15(30)27-14-9-32-13(8-19(14,22)23)16-28-29-17(33-16)18(6-1-7-18)34-20(24,25)26/h2-5,13-14H,1,6-10H2,(H,27,30)/t13-,14-/m0/s1. The van der Waals surface area contributed by atoms with Gasteiger partial charge in [0.15, 0.2) is 12.2 Å². The number of alkyl halides is 5. The van der Waals surface area contributed by atoms with Gasteiger partial charge in [-0.1, -0.05) is 0 Å². The van der Waals surface area contributed by atoms with Gasteiger partial charge in [-0.2, -0.15) is 0 Å². The first-order chi connectivity index (χ1) is 16.0. The van der Waals surface area contributed by atoms with Crippen LogP contribution in [0.3, 0.4) is 0 Å². The molecule has 1 aromatic carbocycles. The second-order valence-electron chi connectivity index (χ2n) is 7.99. The molecule has 1 N–H and O–H groups in total. The second kappa shape index (κ2) is 9.06. The normalized spacial score (nSPS) is 23.7. The van der Waals surface area contributed by atoms with Crippen molar-refractivity contribution in [3.05, 3.63) is 41.9 Å². The lowest BCUT2D eigenvalue weighted by molar-refractivity contribution is -0.387. The Labute approximate surface area is 188 Å². The molecule has 186 valence electrons. The number of carbonyl (C=O) groups excluding carboxylic acids is 1. The fourth-order valence-electron chi connectivity index (χ4n) is 3.63. The van der Waals surface area contributed by atoms with Crippen molar-refractivity contribution in [3.63, 3.8) is 0 Å². The summed E-state index contributed by atoms with van der Waals surface area (Å²) in [5.41, 5.74) is -1.83. The van der Waals surface area contributed by atoms with Crippen molar-refractivity contribution in [1.82, 2.24) is 15.5 Å². The van der Waals surface area contributed by atoms with Crippen LogP contribution in [-0.2, 0) is 19.9 Å². The van der Waals surface area contributed by atoms with Crippen LogP contribution in [0.4, 0.5) is 26.3 Å². The van der Waals surface area contributed by atoms with Gasteiger partial charge >= 0.3 is 6.36 Å². The molecule has 4 rings (SSSR count). The number of aromatic nitrogens is 2. The molecular formula is C20H19F6N3O5. The van der Waals surface area contributed by atoms with Crippen LogP contribution in [0.15, 0.2) is 28.7 Å². The van der Waals surface area contributed by atoms with E-state index in [0.717, 1.165) is 12.1 Å². The molecule has 2 aromatic rings. The molecule has 1 aliphatic heterocycles. The molecule has 2 atom stereocenters. The molecule has 8 nitrogen and oxygen atoms in total. The van der Waals surface area contributed by atoms with Crippen LogP contribution < -0.4 is 10.1 Å². The van der Waals surface area contributed by atoms with Crippen molar-refractivity contribution in [1.29, 1.82) is 0 Å². The zero-order valence-electron chi connectivity index (χ0n) is 17.4. The molecule has 1 aromatic heterocycles. The predicted molar refractivity (Wildman–Crippen MR) is 99.0 cm³/mol. The molecule has 0 radical (unpaired) electrons.